The van der Waals surface area contributed by atoms with Gasteiger partial charge in [-0.1, -0.05) is 23.5 Å². The lowest BCUT2D eigenvalue weighted by Gasteiger charge is -2.09. The van der Waals surface area contributed by atoms with Crippen LogP contribution in [0.15, 0.2) is 23.1 Å². The summed E-state index contributed by atoms with van der Waals surface area (Å²) in [5.41, 5.74) is 2.65. The maximum atomic E-state index is 12.5. The van der Waals surface area contributed by atoms with E-state index in [0.29, 0.717) is 10.0 Å². The van der Waals surface area contributed by atoms with E-state index in [1.807, 2.05) is 19.1 Å². The fraction of sp³-hybridized carbons (Fsp3) is 0.357. The Morgan fingerprint density at radius 2 is 2.14 bits per heavy atom. The van der Waals surface area contributed by atoms with Gasteiger partial charge in [-0.2, -0.15) is 0 Å². The summed E-state index contributed by atoms with van der Waals surface area (Å²) in [5, 5.41) is 3.71. The molecule has 1 aliphatic heterocycles. The second kappa shape index (κ2) is 5.40. The number of benzene rings is 1. The van der Waals surface area contributed by atoms with E-state index in [2.05, 4.69) is 15.0 Å². The van der Waals surface area contributed by atoms with Gasteiger partial charge in [0.25, 0.3) is 10.0 Å². The van der Waals surface area contributed by atoms with Crippen molar-refractivity contribution in [2.45, 2.75) is 31.7 Å². The molecule has 112 valence electrons. The first kappa shape index (κ1) is 14.5. The van der Waals surface area contributed by atoms with E-state index in [-0.39, 0.29) is 0 Å². The molecule has 0 spiro atoms. The molecule has 21 heavy (non-hydrogen) atoms. The van der Waals surface area contributed by atoms with Crippen molar-refractivity contribution in [1.82, 2.24) is 10.3 Å². The molecule has 0 amide bonds. The highest BCUT2D eigenvalue weighted by molar-refractivity contribution is 7.93. The lowest BCUT2D eigenvalue weighted by molar-refractivity contribution is 0.600. The van der Waals surface area contributed by atoms with Crippen LogP contribution in [0, 0.1) is 13.8 Å². The predicted octanol–water partition coefficient (Wildman–Crippen LogP) is 2.21. The van der Waals surface area contributed by atoms with Gasteiger partial charge in [0.1, 0.15) is 0 Å². The first-order valence-corrected chi connectivity index (χ1v) is 9.05. The molecule has 2 N–H and O–H groups in total. The summed E-state index contributed by atoms with van der Waals surface area (Å²) in [7, 11) is -3.59. The van der Waals surface area contributed by atoms with Crippen molar-refractivity contribution in [3.05, 3.63) is 39.9 Å². The van der Waals surface area contributed by atoms with Crippen LogP contribution in [0.3, 0.4) is 0 Å². The third kappa shape index (κ3) is 2.95. The van der Waals surface area contributed by atoms with Crippen LogP contribution in [-0.2, 0) is 23.0 Å². The highest BCUT2D eigenvalue weighted by Gasteiger charge is 2.21. The maximum absolute atomic E-state index is 12.5. The van der Waals surface area contributed by atoms with E-state index in [4.69, 9.17) is 0 Å². The van der Waals surface area contributed by atoms with Gasteiger partial charge in [0.15, 0.2) is 5.13 Å². The smallest absolute Gasteiger partial charge is 0.263 e. The third-order valence-electron chi connectivity index (χ3n) is 3.46. The van der Waals surface area contributed by atoms with Crippen molar-refractivity contribution in [2.75, 3.05) is 11.3 Å². The van der Waals surface area contributed by atoms with Gasteiger partial charge < -0.3 is 5.32 Å². The fourth-order valence-electron chi connectivity index (χ4n) is 2.34. The molecule has 2 aromatic rings. The van der Waals surface area contributed by atoms with Crippen LogP contribution in [0.2, 0.25) is 0 Å². The van der Waals surface area contributed by atoms with E-state index < -0.39 is 10.0 Å². The van der Waals surface area contributed by atoms with Gasteiger partial charge in [0.05, 0.1) is 10.6 Å². The van der Waals surface area contributed by atoms with Crippen molar-refractivity contribution < 1.29 is 8.42 Å². The van der Waals surface area contributed by atoms with Crippen LogP contribution >= 0.6 is 11.3 Å². The molecule has 0 fully saturated rings. The zero-order valence-corrected chi connectivity index (χ0v) is 13.6. The minimum atomic E-state index is -3.59. The molecule has 0 saturated heterocycles. The minimum absolute atomic E-state index is 0.314. The molecule has 5 nitrogen and oxygen atoms in total. The average Bonchev–Trinajstić information content (AvgIpc) is 2.82. The van der Waals surface area contributed by atoms with Crippen molar-refractivity contribution in [3.8, 4) is 0 Å². The lowest BCUT2D eigenvalue weighted by atomic mass is 10.2. The highest BCUT2D eigenvalue weighted by Crippen LogP contribution is 2.28. The number of aryl methyl sites for hydroxylation is 2. The summed E-state index contributed by atoms with van der Waals surface area (Å²) in [6.45, 7) is 5.33. The molecule has 3 rings (SSSR count). The Hall–Kier alpha value is -1.44. The number of hydrogen-bond acceptors (Lipinski definition) is 5. The van der Waals surface area contributed by atoms with Gasteiger partial charge in [-0.3, -0.25) is 4.72 Å². The van der Waals surface area contributed by atoms with Crippen molar-refractivity contribution in [1.29, 1.82) is 0 Å². The topological polar surface area (TPSA) is 71.1 Å². The fourth-order valence-corrected chi connectivity index (χ4v) is 4.88. The van der Waals surface area contributed by atoms with Crippen LogP contribution in [0.5, 0.6) is 0 Å². The lowest BCUT2D eigenvalue weighted by Crippen LogP contribution is -2.22. The monoisotopic (exact) mass is 323 g/mol. The second-order valence-corrected chi connectivity index (χ2v) is 7.92. The first-order valence-electron chi connectivity index (χ1n) is 6.75. The van der Waals surface area contributed by atoms with Gasteiger partial charge in [0.2, 0.25) is 0 Å². The van der Waals surface area contributed by atoms with Crippen LogP contribution in [0.4, 0.5) is 5.13 Å². The quantitative estimate of drug-likeness (QED) is 0.908. The molecule has 1 aliphatic rings. The Bertz CT molecular complexity index is 758. The summed E-state index contributed by atoms with van der Waals surface area (Å²) in [6, 6.07) is 5.41. The molecule has 2 heterocycles. The SMILES string of the molecule is Cc1ccc(C)c(S(=O)(=O)Nc2nc3c(s2)CNCC3)c1. The molecule has 1 aromatic carbocycles. The molecule has 7 heteroatoms. The Kier molecular flexibility index (Phi) is 3.73. The number of anilines is 1. The molecule has 0 unspecified atom stereocenters. The zero-order chi connectivity index (χ0) is 15.0. The zero-order valence-electron chi connectivity index (χ0n) is 11.9. The molecular formula is C14H17N3O2S2. The number of aromatic nitrogens is 1. The number of fused-ring (bicyclic) bond motifs is 1. The van der Waals surface area contributed by atoms with E-state index in [9.17, 15) is 8.42 Å². The van der Waals surface area contributed by atoms with Crippen LogP contribution in [-0.4, -0.2) is 19.9 Å². The Morgan fingerprint density at radius 1 is 1.33 bits per heavy atom. The van der Waals surface area contributed by atoms with Gasteiger partial charge in [-0.05, 0) is 31.0 Å². The van der Waals surface area contributed by atoms with Gasteiger partial charge in [0, 0.05) is 24.4 Å². The van der Waals surface area contributed by atoms with Crippen molar-refractivity contribution >= 4 is 26.5 Å². The molecule has 0 radical (unpaired) electrons. The molecule has 0 bridgehead atoms. The number of nitrogens with one attached hydrogen (secondary N) is 2. The number of thiazole rings is 1. The van der Waals surface area contributed by atoms with Crippen LogP contribution in [0.1, 0.15) is 21.7 Å². The van der Waals surface area contributed by atoms with E-state index in [1.165, 1.54) is 11.3 Å². The standard InChI is InChI=1S/C14H17N3O2S2/c1-9-3-4-10(2)13(7-9)21(18,19)17-14-16-11-5-6-15-8-12(11)20-14/h3-4,7,15H,5-6,8H2,1-2H3,(H,16,17). The van der Waals surface area contributed by atoms with Crippen molar-refractivity contribution in [2.24, 2.45) is 0 Å². The molecule has 1 aromatic heterocycles. The Balaban J connectivity index is 1.92. The third-order valence-corrected chi connectivity index (χ3v) is 6.08. The largest absolute Gasteiger partial charge is 0.311 e. The number of rotatable bonds is 3. The van der Waals surface area contributed by atoms with E-state index in [1.54, 1.807) is 13.0 Å². The number of sulfonamides is 1. The molecule has 0 saturated carbocycles. The highest BCUT2D eigenvalue weighted by atomic mass is 32.2. The maximum Gasteiger partial charge on any atom is 0.263 e. The normalized spacial score (nSPS) is 14.8. The summed E-state index contributed by atoms with van der Waals surface area (Å²) < 4.78 is 27.7. The predicted molar refractivity (Wildman–Crippen MR) is 84.2 cm³/mol. The Labute approximate surface area is 128 Å². The summed E-state index contributed by atoms with van der Waals surface area (Å²) in [6.07, 6.45) is 0.844. The first-order chi connectivity index (χ1) is 9.95. The van der Waals surface area contributed by atoms with Crippen molar-refractivity contribution in [3.63, 3.8) is 0 Å². The number of hydrogen-bond donors (Lipinski definition) is 2. The van der Waals surface area contributed by atoms with Crippen LogP contribution in [0.25, 0.3) is 0 Å². The Morgan fingerprint density at radius 3 is 2.90 bits per heavy atom. The molecular weight excluding hydrogens is 306 g/mol. The van der Waals surface area contributed by atoms with Crippen LogP contribution < -0.4 is 10.0 Å². The van der Waals surface area contributed by atoms with Gasteiger partial charge in [-0.25, -0.2) is 13.4 Å². The number of nitrogens with zero attached hydrogens (tertiary/aromatic N) is 1. The minimum Gasteiger partial charge on any atom is -0.311 e. The second-order valence-electron chi connectivity index (χ2n) is 5.19. The molecule has 0 atom stereocenters. The average molecular weight is 323 g/mol. The summed E-state index contributed by atoms with van der Waals surface area (Å²) in [5.74, 6) is 0. The van der Waals surface area contributed by atoms with E-state index >= 15 is 0 Å². The summed E-state index contributed by atoms with van der Waals surface area (Å²) in [4.78, 5) is 5.83. The summed E-state index contributed by atoms with van der Waals surface area (Å²) >= 11 is 1.40. The van der Waals surface area contributed by atoms with Gasteiger partial charge >= 0.3 is 0 Å². The molecule has 0 aliphatic carbocycles. The van der Waals surface area contributed by atoms with Gasteiger partial charge in [-0.15, -0.1) is 0 Å². The van der Waals surface area contributed by atoms with E-state index in [0.717, 1.165) is 41.2 Å².